The topological polar surface area (TPSA) is 52.6 Å². The molecule has 1 aromatic rings. The third-order valence-electron chi connectivity index (χ3n) is 4.04. The van der Waals surface area contributed by atoms with Gasteiger partial charge in [0.1, 0.15) is 5.54 Å². The number of benzene rings is 1. The first-order chi connectivity index (χ1) is 9.16. The number of hydrogen-bond donors (Lipinski definition) is 2. The second kappa shape index (κ2) is 6.17. The minimum atomic E-state index is -0.762. The molecule has 0 saturated carbocycles. The van der Waals surface area contributed by atoms with Crippen molar-refractivity contribution in [2.75, 3.05) is 19.6 Å². The molecular formula is C15H22N2O2. The van der Waals surface area contributed by atoms with Gasteiger partial charge in [-0.2, -0.15) is 0 Å². The van der Waals surface area contributed by atoms with Gasteiger partial charge in [-0.25, -0.2) is 0 Å². The molecule has 0 spiro atoms. The third-order valence-corrected chi connectivity index (χ3v) is 4.04. The van der Waals surface area contributed by atoms with Crippen molar-refractivity contribution in [2.45, 2.75) is 31.8 Å². The van der Waals surface area contributed by atoms with Crippen molar-refractivity contribution in [1.82, 2.24) is 10.2 Å². The van der Waals surface area contributed by atoms with Gasteiger partial charge in [-0.15, -0.1) is 0 Å². The molecule has 4 heteroatoms. The van der Waals surface area contributed by atoms with Gasteiger partial charge in [-0.05, 0) is 24.9 Å². The highest BCUT2D eigenvalue weighted by Gasteiger charge is 2.40. The smallest absolute Gasteiger partial charge is 0.324 e. The molecule has 1 saturated heterocycles. The fraction of sp³-hybridized carbons (Fsp3) is 0.533. The molecule has 1 heterocycles. The maximum Gasteiger partial charge on any atom is 0.324 e. The molecule has 1 fully saturated rings. The molecule has 2 N–H and O–H groups in total. The number of likely N-dealkylation sites (tertiary alicyclic amines) is 1. The number of hydrogen-bond acceptors (Lipinski definition) is 3. The summed E-state index contributed by atoms with van der Waals surface area (Å²) in [4.78, 5) is 13.9. The van der Waals surface area contributed by atoms with E-state index in [4.69, 9.17) is 0 Å². The van der Waals surface area contributed by atoms with Crippen molar-refractivity contribution in [1.29, 1.82) is 0 Å². The van der Waals surface area contributed by atoms with Gasteiger partial charge >= 0.3 is 5.97 Å². The fourth-order valence-electron chi connectivity index (χ4n) is 2.58. The van der Waals surface area contributed by atoms with Crippen molar-refractivity contribution < 1.29 is 9.90 Å². The van der Waals surface area contributed by atoms with E-state index in [1.807, 2.05) is 30.3 Å². The van der Waals surface area contributed by atoms with Crippen molar-refractivity contribution in [3.8, 4) is 0 Å². The molecule has 2 rings (SSSR count). The van der Waals surface area contributed by atoms with E-state index < -0.39 is 11.5 Å². The summed E-state index contributed by atoms with van der Waals surface area (Å²) >= 11 is 0. The fourth-order valence-corrected chi connectivity index (χ4v) is 2.58. The molecule has 1 aliphatic heterocycles. The van der Waals surface area contributed by atoms with Crippen molar-refractivity contribution >= 4 is 5.97 Å². The Morgan fingerprint density at radius 2 is 1.95 bits per heavy atom. The monoisotopic (exact) mass is 262 g/mol. The van der Waals surface area contributed by atoms with E-state index in [2.05, 4.69) is 17.1 Å². The van der Waals surface area contributed by atoms with E-state index in [-0.39, 0.29) is 0 Å². The number of piperidine rings is 1. The van der Waals surface area contributed by atoms with Crippen LogP contribution in [0.5, 0.6) is 0 Å². The van der Waals surface area contributed by atoms with Gasteiger partial charge in [-0.3, -0.25) is 10.1 Å². The number of rotatable bonds is 5. The normalized spacial score (nSPS) is 19.2. The van der Waals surface area contributed by atoms with E-state index in [0.717, 1.165) is 25.2 Å². The number of aliphatic carboxylic acids is 1. The van der Waals surface area contributed by atoms with Crippen LogP contribution >= 0.6 is 0 Å². The molecule has 0 atom stereocenters. The van der Waals surface area contributed by atoms with E-state index in [1.54, 1.807) is 0 Å². The maximum atomic E-state index is 11.6. The highest BCUT2D eigenvalue weighted by Crippen LogP contribution is 2.23. The van der Waals surface area contributed by atoms with Crippen molar-refractivity contribution in [2.24, 2.45) is 0 Å². The molecule has 0 aromatic heterocycles. The Hall–Kier alpha value is -1.39. The molecule has 0 aliphatic carbocycles. The van der Waals surface area contributed by atoms with Crippen LogP contribution in [0, 0.1) is 0 Å². The molecule has 0 amide bonds. The van der Waals surface area contributed by atoms with Crippen LogP contribution in [-0.4, -0.2) is 41.1 Å². The van der Waals surface area contributed by atoms with Crippen molar-refractivity contribution in [3.05, 3.63) is 35.9 Å². The Morgan fingerprint density at radius 1 is 1.32 bits per heavy atom. The van der Waals surface area contributed by atoms with E-state index >= 15 is 0 Å². The van der Waals surface area contributed by atoms with Gasteiger partial charge < -0.3 is 10.0 Å². The first kappa shape index (κ1) is 14.0. The lowest BCUT2D eigenvalue weighted by Gasteiger charge is -2.39. The zero-order valence-corrected chi connectivity index (χ0v) is 11.4. The van der Waals surface area contributed by atoms with Crippen LogP contribution < -0.4 is 5.32 Å². The van der Waals surface area contributed by atoms with E-state index in [9.17, 15) is 9.90 Å². The van der Waals surface area contributed by atoms with E-state index in [0.29, 0.717) is 19.4 Å². The zero-order valence-electron chi connectivity index (χ0n) is 11.4. The molecule has 19 heavy (non-hydrogen) atoms. The van der Waals surface area contributed by atoms with Gasteiger partial charge in [0.2, 0.25) is 0 Å². The predicted octanol–water partition coefficient (Wildman–Crippen LogP) is 1.72. The van der Waals surface area contributed by atoms with Crippen LogP contribution in [0.1, 0.15) is 25.3 Å². The summed E-state index contributed by atoms with van der Waals surface area (Å²) in [5.74, 6) is -0.723. The summed E-state index contributed by atoms with van der Waals surface area (Å²) in [6.45, 7) is 5.42. The number of carbonyl (C=O) groups is 1. The van der Waals surface area contributed by atoms with Crippen LogP contribution in [0.4, 0.5) is 0 Å². The highest BCUT2D eigenvalue weighted by molar-refractivity contribution is 5.79. The second-order valence-electron chi connectivity index (χ2n) is 5.16. The summed E-state index contributed by atoms with van der Waals surface area (Å²) < 4.78 is 0. The van der Waals surface area contributed by atoms with Crippen LogP contribution in [0.15, 0.2) is 30.3 Å². The zero-order chi connectivity index (χ0) is 13.7. The average Bonchev–Trinajstić information content (AvgIpc) is 2.46. The summed E-state index contributed by atoms with van der Waals surface area (Å²) in [5, 5.41) is 12.8. The lowest BCUT2D eigenvalue weighted by molar-refractivity contribution is -0.147. The van der Waals surface area contributed by atoms with Crippen LogP contribution in [0.3, 0.4) is 0 Å². The molecule has 4 nitrogen and oxygen atoms in total. The number of carboxylic acids is 1. The third kappa shape index (κ3) is 3.33. The lowest BCUT2D eigenvalue weighted by atomic mass is 9.87. The first-order valence-electron chi connectivity index (χ1n) is 6.91. The number of carboxylic acid groups (broad SMARTS) is 1. The van der Waals surface area contributed by atoms with Crippen LogP contribution in [-0.2, 0) is 11.3 Å². The number of nitrogens with one attached hydrogen (secondary N) is 1. The molecule has 0 radical (unpaired) electrons. The summed E-state index contributed by atoms with van der Waals surface area (Å²) in [6, 6.07) is 9.96. The van der Waals surface area contributed by atoms with Crippen molar-refractivity contribution in [3.63, 3.8) is 0 Å². The summed E-state index contributed by atoms with van der Waals surface area (Å²) in [5.41, 5.74) is 0.364. The second-order valence-corrected chi connectivity index (χ2v) is 5.16. The largest absolute Gasteiger partial charge is 0.480 e. The lowest BCUT2D eigenvalue weighted by Crippen LogP contribution is -2.58. The van der Waals surface area contributed by atoms with Crippen LogP contribution in [0.2, 0.25) is 0 Å². The Balaban J connectivity index is 1.99. The quantitative estimate of drug-likeness (QED) is 0.848. The Kier molecular flexibility index (Phi) is 4.56. The van der Waals surface area contributed by atoms with Gasteiger partial charge in [-0.1, -0.05) is 37.3 Å². The van der Waals surface area contributed by atoms with Crippen LogP contribution in [0.25, 0.3) is 0 Å². The van der Waals surface area contributed by atoms with E-state index in [1.165, 1.54) is 0 Å². The predicted molar refractivity (Wildman–Crippen MR) is 75.0 cm³/mol. The van der Waals surface area contributed by atoms with Gasteiger partial charge in [0.05, 0.1) is 0 Å². The average molecular weight is 262 g/mol. The SMILES string of the molecule is CCN1CCC(NCc2ccccc2)(C(=O)O)CC1. The standard InChI is InChI=1S/C15H22N2O2/c1-2-17-10-8-15(9-11-17,14(18)19)16-12-13-6-4-3-5-7-13/h3-7,16H,2,8-12H2,1H3,(H,18,19). The summed E-state index contributed by atoms with van der Waals surface area (Å²) in [7, 11) is 0. The van der Waals surface area contributed by atoms with Gasteiger partial charge in [0.25, 0.3) is 0 Å². The first-order valence-corrected chi connectivity index (χ1v) is 6.91. The Labute approximate surface area is 114 Å². The molecule has 1 aromatic carbocycles. The molecule has 0 bridgehead atoms. The Morgan fingerprint density at radius 3 is 2.47 bits per heavy atom. The molecule has 1 aliphatic rings. The molecule has 0 unspecified atom stereocenters. The number of nitrogens with zero attached hydrogens (tertiary/aromatic N) is 1. The summed E-state index contributed by atoms with van der Waals surface area (Å²) in [6.07, 6.45) is 1.34. The highest BCUT2D eigenvalue weighted by atomic mass is 16.4. The minimum Gasteiger partial charge on any atom is -0.480 e. The Bertz CT molecular complexity index is 411. The molecular weight excluding hydrogens is 240 g/mol. The maximum absolute atomic E-state index is 11.6. The van der Waals surface area contributed by atoms with Gasteiger partial charge in [0, 0.05) is 19.6 Å². The minimum absolute atomic E-state index is 0.610. The molecule has 104 valence electrons. The van der Waals surface area contributed by atoms with Gasteiger partial charge in [0.15, 0.2) is 0 Å².